The van der Waals surface area contributed by atoms with Crippen molar-refractivity contribution in [3.05, 3.63) is 42.0 Å². The third kappa shape index (κ3) is 5.42. The van der Waals surface area contributed by atoms with Crippen molar-refractivity contribution in [3.63, 3.8) is 0 Å². The highest BCUT2D eigenvalue weighted by Gasteiger charge is 2.09. The predicted octanol–water partition coefficient (Wildman–Crippen LogP) is 3.57. The number of hydrogen-bond donors (Lipinski definition) is 3. The Balaban J connectivity index is 1.88. The number of benzene rings is 2. The van der Waals surface area contributed by atoms with Crippen molar-refractivity contribution >= 4 is 35.8 Å². The number of ether oxygens (including phenoxy) is 1. The van der Waals surface area contributed by atoms with Crippen molar-refractivity contribution in [1.82, 2.24) is 5.32 Å². The number of aliphatic imine (C=N–C) groups is 1. The van der Waals surface area contributed by atoms with Gasteiger partial charge in [-0.3, -0.25) is 9.79 Å². The number of carbonyl (C=O) groups is 1. The van der Waals surface area contributed by atoms with Gasteiger partial charge in [-0.1, -0.05) is 19.1 Å². The Hall–Kier alpha value is -2.67. The van der Waals surface area contributed by atoms with E-state index < -0.39 is 0 Å². The molecule has 0 spiro atoms. The Kier molecular flexibility index (Phi) is 7.35. The zero-order valence-corrected chi connectivity index (χ0v) is 15.7. The lowest BCUT2D eigenvalue weighted by Gasteiger charge is -2.13. The number of amides is 1. The fraction of sp³-hybridized carbons (Fsp3) is 0.263. The van der Waals surface area contributed by atoms with Crippen LogP contribution in [-0.2, 0) is 11.2 Å². The second kappa shape index (κ2) is 9.72. The maximum Gasteiger partial charge on any atom is 0.225 e. The number of aromatic hydroxyl groups is 1. The van der Waals surface area contributed by atoms with Gasteiger partial charge in [-0.05, 0) is 30.2 Å². The SMILES string of the molecule is C=Nc1cc(OC)c(O)cc1NCNC(=O)Cc1ccc(SCC)cc1. The zero-order valence-electron chi connectivity index (χ0n) is 14.9. The van der Waals surface area contributed by atoms with Crippen molar-refractivity contribution in [2.75, 3.05) is 24.8 Å². The first-order valence-corrected chi connectivity index (χ1v) is 9.16. The van der Waals surface area contributed by atoms with Crippen LogP contribution < -0.4 is 15.4 Å². The highest BCUT2D eigenvalue weighted by atomic mass is 32.2. The minimum absolute atomic E-state index is 0.0150. The molecule has 2 rings (SSSR count). The highest BCUT2D eigenvalue weighted by Crippen LogP contribution is 2.36. The summed E-state index contributed by atoms with van der Waals surface area (Å²) in [7, 11) is 1.46. The number of thioether (sulfide) groups is 1. The molecule has 0 aliphatic carbocycles. The van der Waals surface area contributed by atoms with Crippen molar-refractivity contribution in [2.45, 2.75) is 18.2 Å². The third-order valence-electron chi connectivity index (χ3n) is 3.63. The molecule has 0 atom stereocenters. The van der Waals surface area contributed by atoms with Gasteiger partial charge >= 0.3 is 0 Å². The van der Waals surface area contributed by atoms with Crippen LogP contribution in [0.3, 0.4) is 0 Å². The molecular formula is C19H23N3O3S. The molecule has 0 aliphatic rings. The maximum absolute atomic E-state index is 12.1. The van der Waals surface area contributed by atoms with Crippen LogP contribution in [-0.4, -0.2) is 37.3 Å². The minimum atomic E-state index is -0.0979. The largest absolute Gasteiger partial charge is 0.504 e. The number of carbonyl (C=O) groups excluding carboxylic acids is 1. The molecule has 3 N–H and O–H groups in total. The summed E-state index contributed by atoms with van der Waals surface area (Å²) in [5.74, 6) is 1.22. The molecule has 0 radical (unpaired) electrons. The topological polar surface area (TPSA) is 82.9 Å². The number of nitrogens with one attached hydrogen (secondary N) is 2. The monoisotopic (exact) mass is 373 g/mol. The van der Waals surface area contributed by atoms with Gasteiger partial charge in [0.1, 0.15) is 0 Å². The lowest BCUT2D eigenvalue weighted by molar-refractivity contribution is -0.120. The molecule has 7 heteroatoms. The fourth-order valence-electron chi connectivity index (χ4n) is 2.35. The summed E-state index contributed by atoms with van der Waals surface area (Å²) in [6, 6.07) is 11.0. The number of rotatable bonds is 9. The molecule has 1 amide bonds. The summed E-state index contributed by atoms with van der Waals surface area (Å²) in [6.45, 7) is 5.81. The maximum atomic E-state index is 12.1. The van der Waals surface area contributed by atoms with Crippen LogP contribution in [0.5, 0.6) is 11.5 Å². The molecular weight excluding hydrogens is 350 g/mol. The first-order chi connectivity index (χ1) is 12.6. The van der Waals surface area contributed by atoms with Gasteiger partial charge < -0.3 is 20.5 Å². The van der Waals surface area contributed by atoms with Crippen LogP contribution >= 0.6 is 11.8 Å². The summed E-state index contributed by atoms with van der Waals surface area (Å²) in [5, 5.41) is 15.7. The van der Waals surface area contributed by atoms with Crippen LogP contribution in [0.1, 0.15) is 12.5 Å². The number of hydrogen-bond acceptors (Lipinski definition) is 6. The second-order valence-electron chi connectivity index (χ2n) is 5.41. The van der Waals surface area contributed by atoms with Gasteiger partial charge in [0.25, 0.3) is 0 Å². The van der Waals surface area contributed by atoms with E-state index in [1.807, 2.05) is 24.3 Å². The summed E-state index contributed by atoms with van der Waals surface area (Å²) in [5.41, 5.74) is 2.04. The van der Waals surface area contributed by atoms with E-state index in [2.05, 4.69) is 29.3 Å². The van der Waals surface area contributed by atoms with Crippen LogP contribution in [0.25, 0.3) is 0 Å². The number of methoxy groups -OCH3 is 1. The Morgan fingerprint density at radius 2 is 2.04 bits per heavy atom. The lowest BCUT2D eigenvalue weighted by Crippen LogP contribution is -2.30. The summed E-state index contributed by atoms with van der Waals surface area (Å²) >= 11 is 1.77. The van der Waals surface area contributed by atoms with Crippen molar-refractivity contribution in [2.24, 2.45) is 4.99 Å². The van der Waals surface area contributed by atoms with Gasteiger partial charge in [0.2, 0.25) is 5.91 Å². The average Bonchev–Trinajstić information content (AvgIpc) is 2.64. The standard InChI is InChI=1S/C19H23N3O3S/c1-4-26-14-7-5-13(6-8-14)9-19(24)22-12-21-16-10-17(23)18(25-3)11-15(16)20-2/h5-8,10-11,21,23H,2,4,9,12H2,1,3H3,(H,22,24). The van der Waals surface area contributed by atoms with Gasteiger partial charge in [0.15, 0.2) is 11.5 Å². The van der Waals surface area contributed by atoms with Crippen molar-refractivity contribution < 1.29 is 14.6 Å². The van der Waals surface area contributed by atoms with Gasteiger partial charge in [-0.2, -0.15) is 0 Å². The van der Waals surface area contributed by atoms with E-state index in [-0.39, 0.29) is 18.3 Å². The number of phenols is 1. The molecule has 2 aromatic carbocycles. The highest BCUT2D eigenvalue weighted by molar-refractivity contribution is 7.99. The molecule has 26 heavy (non-hydrogen) atoms. The summed E-state index contributed by atoms with van der Waals surface area (Å²) in [4.78, 5) is 17.2. The van der Waals surface area contributed by atoms with Gasteiger partial charge in [-0.25, -0.2) is 0 Å². The Bertz CT molecular complexity index is 763. The van der Waals surface area contributed by atoms with Gasteiger partial charge in [0.05, 0.1) is 31.6 Å². The smallest absolute Gasteiger partial charge is 0.225 e. The number of phenolic OH excluding ortho intramolecular Hbond substituents is 1. The van der Waals surface area contributed by atoms with E-state index in [0.29, 0.717) is 23.5 Å². The molecule has 0 fully saturated rings. The molecule has 0 bridgehead atoms. The zero-order chi connectivity index (χ0) is 18.9. The Morgan fingerprint density at radius 3 is 2.65 bits per heavy atom. The van der Waals surface area contributed by atoms with Crippen LogP contribution in [0.15, 0.2) is 46.3 Å². The third-order valence-corrected chi connectivity index (χ3v) is 4.53. The average molecular weight is 373 g/mol. The van der Waals surface area contributed by atoms with Crippen molar-refractivity contribution in [3.8, 4) is 11.5 Å². The van der Waals surface area contributed by atoms with Crippen molar-refractivity contribution in [1.29, 1.82) is 0 Å². The summed E-state index contributed by atoms with van der Waals surface area (Å²) in [6.07, 6.45) is 0.305. The van der Waals surface area contributed by atoms with Gasteiger partial charge in [-0.15, -0.1) is 11.8 Å². The molecule has 0 aliphatic heterocycles. The molecule has 2 aromatic rings. The molecule has 0 unspecified atom stereocenters. The Labute approximate surface area is 157 Å². The predicted molar refractivity (Wildman–Crippen MR) is 107 cm³/mol. The minimum Gasteiger partial charge on any atom is -0.504 e. The van der Waals surface area contributed by atoms with E-state index >= 15 is 0 Å². The first-order valence-electron chi connectivity index (χ1n) is 8.17. The fourth-order valence-corrected chi connectivity index (χ4v) is 3.01. The normalized spacial score (nSPS) is 10.2. The Morgan fingerprint density at radius 1 is 1.31 bits per heavy atom. The lowest BCUT2D eigenvalue weighted by atomic mass is 10.1. The molecule has 0 heterocycles. The number of nitrogens with zero attached hydrogens (tertiary/aromatic N) is 1. The van der Waals surface area contributed by atoms with E-state index in [9.17, 15) is 9.90 Å². The van der Waals surface area contributed by atoms with E-state index in [1.54, 1.807) is 17.8 Å². The molecule has 6 nitrogen and oxygen atoms in total. The van der Waals surface area contributed by atoms with Crippen LogP contribution in [0.2, 0.25) is 0 Å². The molecule has 138 valence electrons. The summed E-state index contributed by atoms with van der Waals surface area (Å²) < 4.78 is 5.04. The van der Waals surface area contributed by atoms with E-state index in [1.165, 1.54) is 18.1 Å². The molecule has 0 saturated heterocycles. The molecule has 0 saturated carbocycles. The second-order valence-corrected chi connectivity index (χ2v) is 6.74. The number of anilines is 1. The van der Waals surface area contributed by atoms with E-state index in [4.69, 9.17) is 4.74 Å². The van der Waals surface area contributed by atoms with Crippen LogP contribution in [0, 0.1) is 0 Å². The first kappa shape index (κ1) is 19.7. The van der Waals surface area contributed by atoms with E-state index in [0.717, 1.165) is 11.3 Å². The van der Waals surface area contributed by atoms with Gasteiger partial charge in [0, 0.05) is 17.0 Å². The molecule has 0 aromatic heterocycles. The quantitative estimate of drug-likeness (QED) is 0.356. The van der Waals surface area contributed by atoms with Crippen LogP contribution in [0.4, 0.5) is 11.4 Å².